The summed E-state index contributed by atoms with van der Waals surface area (Å²) in [5, 5.41) is 6.50. The lowest BCUT2D eigenvalue weighted by Crippen LogP contribution is -2.63. The molecule has 1 aromatic rings. The molecule has 1 atom stereocenters. The second kappa shape index (κ2) is 9.92. The van der Waals surface area contributed by atoms with Gasteiger partial charge in [-0.3, -0.25) is 9.80 Å². The quantitative estimate of drug-likeness (QED) is 0.373. The Morgan fingerprint density at radius 3 is 2.52 bits per heavy atom. The number of aliphatic imine (C=N–C) groups is 1. The first-order valence-electron chi connectivity index (χ1n) is 9.10. The molecule has 0 aliphatic carbocycles. The van der Waals surface area contributed by atoms with Crippen LogP contribution in [0, 0.1) is 0 Å². The molecule has 4 rings (SSSR count). The number of alkyl halides is 3. The Labute approximate surface area is 175 Å². The molecule has 0 amide bonds. The molecule has 2 bridgehead atoms. The van der Waals surface area contributed by atoms with E-state index in [1.165, 1.54) is 6.07 Å². The summed E-state index contributed by atoms with van der Waals surface area (Å²) < 4.78 is 38.5. The molecule has 152 valence electrons. The molecule has 0 aromatic heterocycles. The highest BCUT2D eigenvalue weighted by molar-refractivity contribution is 14.0. The summed E-state index contributed by atoms with van der Waals surface area (Å²) in [5.74, 6) is 0.641. The van der Waals surface area contributed by atoms with Gasteiger partial charge in [0.25, 0.3) is 0 Å². The molecule has 2 N–H and O–H groups in total. The minimum atomic E-state index is -4.33. The van der Waals surface area contributed by atoms with Gasteiger partial charge < -0.3 is 10.6 Å². The van der Waals surface area contributed by atoms with Crippen molar-refractivity contribution in [1.29, 1.82) is 0 Å². The highest BCUT2D eigenvalue weighted by Gasteiger charge is 2.32. The Balaban J connectivity index is 0.00000261. The van der Waals surface area contributed by atoms with Gasteiger partial charge in [0.1, 0.15) is 0 Å². The summed E-state index contributed by atoms with van der Waals surface area (Å²) in [6.45, 7) is 9.20. The van der Waals surface area contributed by atoms with Gasteiger partial charge in [-0.25, -0.2) is 4.99 Å². The van der Waals surface area contributed by atoms with Crippen LogP contribution in [0.25, 0.3) is 0 Å². The summed E-state index contributed by atoms with van der Waals surface area (Å²) in [4.78, 5) is 9.41. The number of hydrogen-bond acceptors (Lipinski definition) is 3. The van der Waals surface area contributed by atoms with E-state index in [-0.39, 0.29) is 30.5 Å². The molecule has 3 heterocycles. The average molecular weight is 497 g/mol. The van der Waals surface area contributed by atoms with E-state index in [0.717, 1.165) is 51.4 Å². The molecule has 0 saturated carbocycles. The normalized spacial score (nSPS) is 25.0. The standard InChI is InChI=1S/C18H26F3N5.HI/c1-2-22-17(24-12-16-13-25-6-8-26(16)9-7-25)23-11-14-4-3-5-15(10-14)18(19,20)21;/h3-5,10,16H,2,6-9,11-13H2,1H3,(H2,22,23,24);1H. The van der Waals surface area contributed by atoms with Crippen molar-refractivity contribution in [1.82, 2.24) is 20.4 Å². The van der Waals surface area contributed by atoms with Gasteiger partial charge in [-0.15, -0.1) is 24.0 Å². The van der Waals surface area contributed by atoms with Crippen molar-refractivity contribution in [3.05, 3.63) is 35.4 Å². The van der Waals surface area contributed by atoms with E-state index in [4.69, 9.17) is 0 Å². The van der Waals surface area contributed by atoms with E-state index in [1.54, 1.807) is 6.07 Å². The number of nitrogens with zero attached hydrogens (tertiary/aromatic N) is 3. The molecule has 3 aliphatic heterocycles. The van der Waals surface area contributed by atoms with Crippen LogP contribution in [0.2, 0.25) is 0 Å². The first-order valence-corrected chi connectivity index (χ1v) is 9.10. The average Bonchev–Trinajstić information content (AvgIpc) is 2.64. The van der Waals surface area contributed by atoms with Crippen LogP contribution in [0.1, 0.15) is 18.1 Å². The molecule has 3 aliphatic rings. The van der Waals surface area contributed by atoms with E-state index in [1.807, 2.05) is 6.92 Å². The van der Waals surface area contributed by atoms with Crippen molar-refractivity contribution >= 4 is 29.9 Å². The van der Waals surface area contributed by atoms with Gasteiger partial charge in [0, 0.05) is 51.9 Å². The minimum absolute atomic E-state index is 0. The van der Waals surface area contributed by atoms with Crippen LogP contribution in [0.5, 0.6) is 0 Å². The number of guanidine groups is 1. The fraction of sp³-hybridized carbons (Fsp3) is 0.611. The van der Waals surface area contributed by atoms with Crippen LogP contribution in [0.15, 0.2) is 29.3 Å². The van der Waals surface area contributed by atoms with Crippen LogP contribution in [0.3, 0.4) is 0 Å². The lowest BCUT2D eigenvalue weighted by atomic mass is 10.1. The fourth-order valence-electron chi connectivity index (χ4n) is 3.49. The van der Waals surface area contributed by atoms with Crippen LogP contribution >= 0.6 is 24.0 Å². The van der Waals surface area contributed by atoms with E-state index in [0.29, 0.717) is 24.1 Å². The maximum atomic E-state index is 12.8. The second-order valence-electron chi connectivity index (χ2n) is 6.76. The number of benzene rings is 1. The Bertz CT molecular complexity index is 630. The predicted molar refractivity (Wildman–Crippen MR) is 111 cm³/mol. The molecule has 3 fully saturated rings. The molecule has 0 radical (unpaired) electrons. The third kappa shape index (κ3) is 6.21. The highest BCUT2D eigenvalue weighted by Crippen LogP contribution is 2.29. The number of piperazine rings is 3. The third-order valence-electron chi connectivity index (χ3n) is 4.92. The van der Waals surface area contributed by atoms with Crippen LogP contribution in [-0.4, -0.2) is 67.6 Å². The predicted octanol–water partition coefficient (Wildman–Crippen LogP) is 2.38. The zero-order valence-corrected chi connectivity index (χ0v) is 17.8. The molecule has 9 heteroatoms. The summed E-state index contributed by atoms with van der Waals surface area (Å²) in [6.07, 6.45) is -4.33. The topological polar surface area (TPSA) is 42.9 Å². The molecule has 27 heavy (non-hydrogen) atoms. The van der Waals surface area contributed by atoms with Crippen molar-refractivity contribution in [2.75, 3.05) is 45.8 Å². The van der Waals surface area contributed by atoms with Gasteiger partial charge in [-0.05, 0) is 24.6 Å². The van der Waals surface area contributed by atoms with E-state index in [9.17, 15) is 13.2 Å². The second-order valence-corrected chi connectivity index (χ2v) is 6.76. The lowest BCUT2D eigenvalue weighted by Gasteiger charge is -2.47. The molecule has 1 aromatic carbocycles. The van der Waals surface area contributed by atoms with Gasteiger partial charge in [0.15, 0.2) is 5.96 Å². The lowest BCUT2D eigenvalue weighted by molar-refractivity contribution is -0.137. The maximum Gasteiger partial charge on any atom is 0.416 e. The van der Waals surface area contributed by atoms with Crippen molar-refractivity contribution in [3.8, 4) is 0 Å². The molecular weight excluding hydrogens is 470 g/mol. The monoisotopic (exact) mass is 497 g/mol. The summed E-state index contributed by atoms with van der Waals surface area (Å²) in [5.41, 5.74) is -0.0909. The molecule has 5 nitrogen and oxygen atoms in total. The van der Waals surface area contributed by atoms with Crippen molar-refractivity contribution in [2.24, 2.45) is 4.99 Å². The Kier molecular flexibility index (Phi) is 8.17. The van der Waals surface area contributed by atoms with E-state index in [2.05, 4.69) is 25.4 Å². The number of rotatable bonds is 5. The van der Waals surface area contributed by atoms with Crippen LogP contribution in [0.4, 0.5) is 13.2 Å². The Morgan fingerprint density at radius 1 is 1.19 bits per heavy atom. The SMILES string of the molecule is CCNC(=NCc1cccc(C(F)(F)F)c1)NCC1CN2CCN1CC2.I. The van der Waals surface area contributed by atoms with Gasteiger partial charge in [-0.2, -0.15) is 13.2 Å². The zero-order chi connectivity index (χ0) is 18.6. The van der Waals surface area contributed by atoms with Crippen LogP contribution in [-0.2, 0) is 12.7 Å². The van der Waals surface area contributed by atoms with E-state index >= 15 is 0 Å². The fourth-order valence-corrected chi connectivity index (χ4v) is 3.49. The first kappa shape index (κ1) is 22.2. The molecule has 3 saturated heterocycles. The van der Waals surface area contributed by atoms with Crippen molar-refractivity contribution in [3.63, 3.8) is 0 Å². The summed E-state index contributed by atoms with van der Waals surface area (Å²) in [6, 6.07) is 5.79. The number of nitrogens with one attached hydrogen (secondary N) is 2. The molecular formula is C18H27F3IN5. The number of halogens is 4. The minimum Gasteiger partial charge on any atom is -0.357 e. The Morgan fingerprint density at radius 2 is 1.93 bits per heavy atom. The Hall–Kier alpha value is -1.07. The summed E-state index contributed by atoms with van der Waals surface area (Å²) in [7, 11) is 0. The number of fused-ring (bicyclic) bond motifs is 3. The zero-order valence-electron chi connectivity index (χ0n) is 15.4. The molecule has 0 spiro atoms. The van der Waals surface area contributed by atoms with Gasteiger partial charge in [-0.1, -0.05) is 12.1 Å². The van der Waals surface area contributed by atoms with Gasteiger partial charge in [0.2, 0.25) is 0 Å². The largest absolute Gasteiger partial charge is 0.416 e. The number of hydrogen-bond donors (Lipinski definition) is 2. The van der Waals surface area contributed by atoms with E-state index < -0.39 is 11.7 Å². The smallest absolute Gasteiger partial charge is 0.357 e. The first-order chi connectivity index (χ1) is 12.5. The van der Waals surface area contributed by atoms with Crippen LogP contribution < -0.4 is 10.6 Å². The highest BCUT2D eigenvalue weighted by atomic mass is 127. The molecule has 1 unspecified atom stereocenters. The third-order valence-corrected chi connectivity index (χ3v) is 4.92. The van der Waals surface area contributed by atoms with Crippen molar-refractivity contribution < 1.29 is 13.2 Å². The summed E-state index contributed by atoms with van der Waals surface area (Å²) >= 11 is 0. The van der Waals surface area contributed by atoms with Gasteiger partial charge in [0.05, 0.1) is 12.1 Å². The van der Waals surface area contributed by atoms with Crippen molar-refractivity contribution in [2.45, 2.75) is 25.7 Å². The maximum absolute atomic E-state index is 12.8. The van der Waals surface area contributed by atoms with Gasteiger partial charge >= 0.3 is 6.18 Å².